The molecule has 0 saturated heterocycles. The van der Waals surface area contributed by atoms with Crippen LogP contribution in [0.15, 0.2) is 18.7 Å². The van der Waals surface area contributed by atoms with Gasteiger partial charge in [-0.05, 0) is 34.6 Å². The summed E-state index contributed by atoms with van der Waals surface area (Å²) in [6, 6.07) is 0.543. The Labute approximate surface area is 93.1 Å². The van der Waals surface area contributed by atoms with Crippen molar-refractivity contribution < 1.29 is 4.57 Å². The number of imidazole rings is 1. The molecule has 1 heterocycles. The molecule has 1 rings (SSSR count). The van der Waals surface area contributed by atoms with Gasteiger partial charge in [0.25, 0.3) is 0 Å². The van der Waals surface area contributed by atoms with E-state index < -0.39 is 0 Å². The lowest BCUT2D eigenvalue weighted by Crippen LogP contribution is -2.43. The van der Waals surface area contributed by atoms with Crippen molar-refractivity contribution in [3.8, 4) is 0 Å². The average molecular weight is 210 g/mol. The Balaban J connectivity index is 2.38. The number of hydrogen-bond acceptors (Lipinski definition) is 1. The van der Waals surface area contributed by atoms with Crippen molar-refractivity contribution >= 4 is 0 Å². The third-order valence-corrected chi connectivity index (χ3v) is 2.33. The van der Waals surface area contributed by atoms with Crippen molar-refractivity contribution in [2.75, 3.05) is 6.54 Å². The predicted octanol–water partition coefficient (Wildman–Crippen LogP) is 1.74. The Hall–Kier alpha value is -0.830. The van der Waals surface area contributed by atoms with E-state index in [2.05, 4.69) is 67.8 Å². The summed E-state index contributed by atoms with van der Waals surface area (Å²) >= 11 is 0. The molecule has 0 amide bonds. The third kappa shape index (κ3) is 4.47. The number of aromatic nitrogens is 2. The highest BCUT2D eigenvalue weighted by atomic mass is 15.1. The van der Waals surface area contributed by atoms with E-state index in [1.165, 1.54) is 0 Å². The average Bonchev–Trinajstić information content (AvgIpc) is 2.50. The van der Waals surface area contributed by atoms with E-state index >= 15 is 0 Å². The summed E-state index contributed by atoms with van der Waals surface area (Å²) in [5.74, 6) is 0. The molecule has 1 aromatic heterocycles. The van der Waals surface area contributed by atoms with Gasteiger partial charge in [0.2, 0.25) is 6.33 Å². The predicted molar refractivity (Wildman–Crippen MR) is 62.8 cm³/mol. The fourth-order valence-corrected chi connectivity index (χ4v) is 1.41. The van der Waals surface area contributed by atoms with Gasteiger partial charge in [0.05, 0.1) is 6.04 Å². The van der Waals surface area contributed by atoms with Gasteiger partial charge in [0.15, 0.2) is 0 Å². The lowest BCUT2D eigenvalue weighted by molar-refractivity contribution is -0.694. The molecule has 1 aromatic rings. The molecule has 1 N–H and O–H groups in total. The van der Waals surface area contributed by atoms with E-state index in [1.807, 2.05) is 0 Å². The summed E-state index contributed by atoms with van der Waals surface area (Å²) in [5, 5.41) is 3.48. The summed E-state index contributed by atoms with van der Waals surface area (Å²) in [7, 11) is 0. The third-order valence-electron chi connectivity index (χ3n) is 2.33. The Kier molecular flexibility index (Phi) is 3.91. The number of hydrogen-bond donors (Lipinski definition) is 1. The maximum absolute atomic E-state index is 3.48. The molecule has 0 spiro atoms. The van der Waals surface area contributed by atoms with Crippen LogP contribution in [0.25, 0.3) is 0 Å². The van der Waals surface area contributed by atoms with Crippen molar-refractivity contribution in [2.24, 2.45) is 0 Å². The number of rotatable bonds is 4. The minimum Gasteiger partial charge on any atom is -0.308 e. The molecular weight excluding hydrogens is 186 g/mol. The molecule has 0 aliphatic heterocycles. The Morgan fingerprint density at radius 2 is 2.00 bits per heavy atom. The Bertz CT molecular complexity index is 294. The largest absolute Gasteiger partial charge is 0.308 e. The van der Waals surface area contributed by atoms with Gasteiger partial charge in [0, 0.05) is 12.1 Å². The maximum atomic E-state index is 3.48. The maximum Gasteiger partial charge on any atom is 0.244 e. The standard InChI is InChI=1S/C12H24N3/c1-11(2)15-9-8-14(10-15)7-6-13-12(3,4)5/h8-11,13H,6-7H2,1-5H3/q+1. The first-order chi connectivity index (χ1) is 6.88. The van der Waals surface area contributed by atoms with Crippen molar-refractivity contribution in [3.63, 3.8) is 0 Å². The highest BCUT2D eigenvalue weighted by Gasteiger charge is 2.10. The van der Waals surface area contributed by atoms with Crippen molar-refractivity contribution in [1.29, 1.82) is 0 Å². The van der Waals surface area contributed by atoms with E-state index in [9.17, 15) is 0 Å². The number of nitrogens with zero attached hydrogens (tertiary/aromatic N) is 2. The van der Waals surface area contributed by atoms with Gasteiger partial charge in [-0.2, -0.15) is 0 Å². The highest BCUT2D eigenvalue weighted by molar-refractivity contribution is 4.71. The fourth-order valence-electron chi connectivity index (χ4n) is 1.41. The molecule has 0 aliphatic rings. The lowest BCUT2D eigenvalue weighted by Gasteiger charge is -2.19. The van der Waals surface area contributed by atoms with E-state index in [-0.39, 0.29) is 5.54 Å². The van der Waals surface area contributed by atoms with Crippen molar-refractivity contribution in [1.82, 2.24) is 9.88 Å². The first-order valence-electron chi connectivity index (χ1n) is 5.70. The second-order valence-electron chi connectivity index (χ2n) is 5.37. The molecule has 15 heavy (non-hydrogen) atoms. The monoisotopic (exact) mass is 210 g/mol. The van der Waals surface area contributed by atoms with Crippen LogP contribution in [-0.4, -0.2) is 16.7 Å². The highest BCUT2D eigenvalue weighted by Crippen LogP contribution is 2.00. The Morgan fingerprint density at radius 3 is 2.47 bits per heavy atom. The topological polar surface area (TPSA) is 20.8 Å². The van der Waals surface area contributed by atoms with Gasteiger partial charge < -0.3 is 5.32 Å². The molecular formula is C12H24N3+. The van der Waals surface area contributed by atoms with Gasteiger partial charge in [-0.1, -0.05) is 0 Å². The van der Waals surface area contributed by atoms with Gasteiger partial charge in [-0.3, -0.25) is 0 Å². The Morgan fingerprint density at radius 1 is 1.33 bits per heavy atom. The van der Waals surface area contributed by atoms with Crippen LogP contribution in [0.1, 0.15) is 40.7 Å². The van der Waals surface area contributed by atoms with Crippen LogP contribution in [0.4, 0.5) is 0 Å². The van der Waals surface area contributed by atoms with Gasteiger partial charge in [-0.15, -0.1) is 0 Å². The zero-order valence-electron chi connectivity index (χ0n) is 10.6. The molecule has 0 bridgehead atoms. The molecule has 0 fully saturated rings. The second-order valence-corrected chi connectivity index (χ2v) is 5.37. The van der Waals surface area contributed by atoms with Crippen LogP contribution < -0.4 is 9.88 Å². The summed E-state index contributed by atoms with van der Waals surface area (Å²) in [4.78, 5) is 0. The van der Waals surface area contributed by atoms with E-state index in [0.29, 0.717) is 6.04 Å². The molecule has 86 valence electrons. The molecule has 0 radical (unpaired) electrons. The quantitative estimate of drug-likeness (QED) is 0.751. The molecule has 3 nitrogen and oxygen atoms in total. The van der Waals surface area contributed by atoms with Crippen LogP contribution in [0.5, 0.6) is 0 Å². The van der Waals surface area contributed by atoms with Crippen LogP contribution in [0.3, 0.4) is 0 Å². The lowest BCUT2D eigenvalue weighted by atomic mass is 10.1. The molecule has 0 unspecified atom stereocenters. The smallest absolute Gasteiger partial charge is 0.244 e. The zero-order valence-corrected chi connectivity index (χ0v) is 10.6. The van der Waals surface area contributed by atoms with Crippen LogP contribution in [-0.2, 0) is 6.54 Å². The zero-order chi connectivity index (χ0) is 11.5. The molecule has 0 aromatic carbocycles. The SMILES string of the molecule is CC(C)n1cc[n+](CCNC(C)(C)C)c1. The van der Waals surface area contributed by atoms with E-state index in [4.69, 9.17) is 0 Å². The van der Waals surface area contributed by atoms with E-state index in [0.717, 1.165) is 13.1 Å². The van der Waals surface area contributed by atoms with Gasteiger partial charge in [0.1, 0.15) is 18.9 Å². The molecule has 0 aliphatic carbocycles. The van der Waals surface area contributed by atoms with Crippen LogP contribution >= 0.6 is 0 Å². The summed E-state index contributed by atoms with van der Waals surface area (Å²) in [6.45, 7) is 13.0. The first kappa shape index (κ1) is 12.2. The van der Waals surface area contributed by atoms with Gasteiger partial charge in [-0.25, -0.2) is 9.13 Å². The summed E-state index contributed by atoms with van der Waals surface area (Å²) in [6.07, 6.45) is 6.42. The fraction of sp³-hybridized carbons (Fsp3) is 0.750. The normalized spacial score (nSPS) is 12.4. The van der Waals surface area contributed by atoms with Crippen molar-refractivity contribution in [3.05, 3.63) is 18.7 Å². The molecule has 3 heteroatoms. The molecule has 0 atom stereocenters. The van der Waals surface area contributed by atoms with Crippen LogP contribution in [0, 0.1) is 0 Å². The van der Waals surface area contributed by atoms with Gasteiger partial charge >= 0.3 is 0 Å². The van der Waals surface area contributed by atoms with E-state index in [1.54, 1.807) is 0 Å². The summed E-state index contributed by atoms with van der Waals surface area (Å²) < 4.78 is 4.44. The summed E-state index contributed by atoms with van der Waals surface area (Å²) in [5.41, 5.74) is 0.209. The van der Waals surface area contributed by atoms with Crippen molar-refractivity contribution in [2.45, 2.75) is 52.7 Å². The van der Waals surface area contributed by atoms with Crippen LogP contribution in [0.2, 0.25) is 0 Å². The number of nitrogens with one attached hydrogen (secondary N) is 1. The second kappa shape index (κ2) is 4.79. The first-order valence-corrected chi connectivity index (χ1v) is 5.70. The molecule has 0 saturated carbocycles. The minimum atomic E-state index is 0.209. The minimum absolute atomic E-state index is 0.209.